The number of esters is 1. The van der Waals surface area contributed by atoms with E-state index in [2.05, 4.69) is 17.6 Å². The maximum atomic E-state index is 14.0. The van der Waals surface area contributed by atoms with Crippen molar-refractivity contribution in [2.45, 2.75) is 150 Å². The van der Waals surface area contributed by atoms with Gasteiger partial charge in [0.05, 0.1) is 17.2 Å². The van der Waals surface area contributed by atoms with Crippen molar-refractivity contribution in [3.8, 4) is 0 Å². The van der Waals surface area contributed by atoms with Crippen molar-refractivity contribution < 1.29 is 33.8 Å². The highest BCUT2D eigenvalue weighted by molar-refractivity contribution is 8.14. The molecule has 2 bridgehead atoms. The third-order valence-electron chi connectivity index (χ3n) is 10.3. The summed E-state index contributed by atoms with van der Waals surface area (Å²) in [6.45, 7) is 17.5. The SMILES string of the molecule is CC[C@H](C)[C@@H]1NC(=O)[C@H](C)NC(=O)[C@H](C)CC(=O)CC[C@@H]2CSC(=N2)[C@@H](C)[C@@H](O)C[C@H](C)C[C@@H](C(C)(C)C)OC(=O)[C@@H]2CCCN2C1=O. The molecule has 10 atom stereocenters. The number of cyclic esters (lactones) is 1. The number of ketones is 1. The molecule has 1 saturated heterocycles. The highest BCUT2D eigenvalue weighted by atomic mass is 32.2. The van der Waals surface area contributed by atoms with Crippen LogP contribution in [0.15, 0.2) is 4.99 Å². The molecular weight excluding hydrogens is 632 g/mol. The van der Waals surface area contributed by atoms with E-state index < -0.39 is 54.0 Å². The van der Waals surface area contributed by atoms with Crippen LogP contribution in [0.3, 0.4) is 0 Å². The summed E-state index contributed by atoms with van der Waals surface area (Å²) in [5.41, 5.74) is -0.376. The molecule has 11 nitrogen and oxygen atoms in total. The number of rotatable bonds is 2. The van der Waals surface area contributed by atoms with Gasteiger partial charge in [-0.1, -0.05) is 61.8 Å². The molecule has 3 aliphatic heterocycles. The van der Waals surface area contributed by atoms with Crippen molar-refractivity contribution in [1.29, 1.82) is 0 Å². The molecule has 12 heteroatoms. The Morgan fingerprint density at radius 3 is 2.35 bits per heavy atom. The van der Waals surface area contributed by atoms with Gasteiger partial charge in [0.25, 0.3) is 0 Å². The minimum Gasteiger partial charge on any atom is -0.460 e. The Kier molecular flexibility index (Phi) is 14.5. The third-order valence-corrected chi connectivity index (χ3v) is 11.6. The highest BCUT2D eigenvalue weighted by Crippen LogP contribution is 2.34. The average Bonchev–Trinajstić information content (AvgIpc) is 3.70. The number of Topliss-reactive ketones (excluding diaryl/α,β-unsaturated/α-hetero) is 1. The van der Waals surface area contributed by atoms with Crippen molar-refractivity contribution in [3.63, 3.8) is 0 Å². The van der Waals surface area contributed by atoms with Gasteiger partial charge in [0.15, 0.2) is 0 Å². The van der Waals surface area contributed by atoms with Gasteiger partial charge in [0, 0.05) is 37.0 Å². The van der Waals surface area contributed by atoms with Gasteiger partial charge in [-0.15, -0.1) is 11.8 Å². The second-order valence-corrected chi connectivity index (χ2v) is 16.7. The zero-order valence-corrected chi connectivity index (χ0v) is 31.4. The van der Waals surface area contributed by atoms with E-state index in [4.69, 9.17) is 9.73 Å². The standard InChI is InChI=1S/C36H60N4O7S/c1-10-21(3)30-34(45)40-15-11-12-27(40)35(46)47-29(36(7,8)9)17-20(2)16-28(42)23(5)33-38-25(19-48-33)13-14-26(41)18-22(4)31(43)37-24(6)32(44)39-30/h20-25,27-30,42H,10-19H2,1-9H3,(H,37,43)(H,39,44)/t20-,21-,22+,23-,24-,25+,27-,28-,29-,30-/m0/s1. The van der Waals surface area contributed by atoms with Crippen LogP contribution in [0.25, 0.3) is 0 Å². The van der Waals surface area contributed by atoms with Gasteiger partial charge in [-0.05, 0) is 56.3 Å². The first-order valence-electron chi connectivity index (χ1n) is 17.9. The van der Waals surface area contributed by atoms with Crippen LogP contribution >= 0.6 is 11.8 Å². The van der Waals surface area contributed by atoms with Crippen LogP contribution in [-0.2, 0) is 28.7 Å². The Labute approximate surface area is 291 Å². The van der Waals surface area contributed by atoms with Crippen LogP contribution in [0.2, 0.25) is 0 Å². The lowest BCUT2D eigenvalue weighted by atomic mass is 9.81. The van der Waals surface area contributed by atoms with Gasteiger partial charge >= 0.3 is 5.97 Å². The molecule has 48 heavy (non-hydrogen) atoms. The first-order chi connectivity index (χ1) is 22.4. The van der Waals surface area contributed by atoms with Crippen LogP contribution in [0.1, 0.15) is 114 Å². The zero-order chi connectivity index (χ0) is 35.9. The topological polar surface area (TPSA) is 154 Å². The van der Waals surface area contributed by atoms with E-state index >= 15 is 0 Å². The number of ether oxygens (including phenoxy) is 1. The van der Waals surface area contributed by atoms with Crippen LogP contribution in [0, 0.1) is 29.1 Å². The molecule has 0 aromatic carbocycles. The molecular formula is C36H60N4O7S. The van der Waals surface area contributed by atoms with E-state index in [1.165, 1.54) is 0 Å². The van der Waals surface area contributed by atoms with Crippen LogP contribution in [0.5, 0.6) is 0 Å². The van der Waals surface area contributed by atoms with Gasteiger partial charge in [0.2, 0.25) is 17.7 Å². The molecule has 0 aromatic heterocycles. The predicted molar refractivity (Wildman–Crippen MR) is 188 cm³/mol. The quantitative estimate of drug-likeness (QED) is 0.363. The second kappa shape index (κ2) is 17.5. The predicted octanol–water partition coefficient (Wildman–Crippen LogP) is 4.29. The fourth-order valence-corrected chi connectivity index (χ4v) is 7.82. The molecule has 0 aliphatic carbocycles. The molecule has 3 N–H and O–H groups in total. The smallest absolute Gasteiger partial charge is 0.329 e. The molecule has 0 unspecified atom stereocenters. The zero-order valence-electron chi connectivity index (χ0n) is 30.5. The minimum atomic E-state index is -0.932. The first kappa shape index (κ1) is 40.0. The summed E-state index contributed by atoms with van der Waals surface area (Å²) in [6, 6.07) is -2.60. The third kappa shape index (κ3) is 10.8. The molecule has 272 valence electrons. The molecule has 0 aromatic rings. The number of amides is 3. The van der Waals surface area contributed by atoms with Gasteiger partial charge < -0.3 is 25.4 Å². The van der Waals surface area contributed by atoms with Gasteiger partial charge in [-0.3, -0.25) is 24.2 Å². The van der Waals surface area contributed by atoms with E-state index in [1.54, 1.807) is 30.5 Å². The number of carbonyl (C=O) groups is 5. The van der Waals surface area contributed by atoms with E-state index in [0.717, 1.165) is 10.8 Å². The van der Waals surface area contributed by atoms with Crippen molar-refractivity contribution in [3.05, 3.63) is 0 Å². The lowest BCUT2D eigenvalue weighted by molar-refractivity contribution is -0.164. The molecule has 3 rings (SSSR count). The largest absolute Gasteiger partial charge is 0.460 e. The molecule has 0 spiro atoms. The van der Waals surface area contributed by atoms with Crippen molar-refractivity contribution in [1.82, 2.24) is 15.5 Å². The Bertz CT molecular complexity index is 1200. The van der Waals surface area contributed by atoms with Gasteiger partial charge in [-0.2, -0.15) is 0 Å². The maximum absolute atomic E-state index is 14.0. The first-order valence-corrected chi connectivity index (χ1v) is 18.9. The number of thioether (sulfide) groups is 1. The van der Waals surface area contributed by atoms with Crippen molar-refractivity contribution in [2.24, 2.45) is 34.1 Å². The molecule has 0 radical (unpaired) electrons. The fourth-order valence-electron chi connectivity index (χ4n) is 6.57. The number of aliphatic hydroxyl groups is 1. The summed E-state index contributed by atoms with van der Waals surface area (Å²) in [5, 5.41) is 17.7. The second-order valence-electron chi connectivity index (χ2n) is 15.6. The molecule has 0 saturated carbocycles. The highest BCUT2D eigenvalue weighted by Gasteiger charge is 2.42. The number of aliphatic hydroxyl groups excluding tert-OH is 1. The minimum absolute atomic E-state index is 0.0237. The Morgan fingerprint density at radius 2 is 1.71 bits per heavy atom. The number of fused-ring (bicyclic) bond motifs is 2. The van der Waals surface area contributed by atoms with Crippen molar-refractivity contribution in [2.75, 3.05) is 12.3 Å². The normalized spacial score (nSPS) is 35.0. The van der Waals surface area contributed by atoms with E-state index in [-0.39, 0.29) is 47.3 Å². The lowest BCUT2D eigenvalue weighted by Gasteiger charge is -2.36. The molecule has 3 aliphatic rings. The summed E-state index contributed by atoms with van der Waals surface area (Å²) in [4.78, 5) is 73.2. The molecule has 1 fully saturated rings. The molecule has 3 amide bonds. The monoisotopic (exact) mass is 692 g/mol. The van der Waals surface area contributed by atoms with E-state index in [9.17, 15) is 29.1 Å². The van der Waals surface area contributed by atoms with E-state index in [1.807, 2.05) is 41.5 Å². The fraction of sp³-hybridized carbons (Fsp3) is 0.833. The summed E-state index contributed by atoms with van der Waals surface area (Å²) >= 11 is 1.62. The Balaban J connectivity index is 1.89. The number of carbonyl (C=O) groups excluding carboxylic acids is 5. The summed E-state index contributed by atoms with van der Waals surface area (Å²) in [7, 11) is 0. The van der Waals surface area contributed by atoms with Gasteiger partial charge in [0.1, 0.15) is 30.0 Å². The number of nitrogens with one attached hydrogen (secondary N) is 2. The average molecular weight is 693 g/mol. The number of nitrogens with zero attached hydrogens (tertiary/aromatic N) is 2. The lowest BCUT2D eigenvalue weighted by Crippen LogP contribution is -2.57. The number of hydrogen-bond donors (Lipinski definition) is 3. The number of hydrogen-bond acceptors (Lipinski definition) is 9. The summed E-state index contributed by atoms with van der Waals surface area (Å²) < 4.78 is 6.19. The summed E-state index contributed by atoms with van der Waals surface area (Å²) in [5.74, 6) is -1.97. The van der Waals surface area contributed by atoms with Gasteiger partial charge in [-0.25, -0.2) is 4.79 Å². The van der Waals surface area contributed by atoms with Crippen molar-refractivity contribution >= 4 is 46.3 Å². The van der Waals surface area contributed by atoms with Crippen LogP contribution in [0.4, 0.5) is 0 Å². The van der Waals surface area contributed by atoms with E-state index in [0.29, 0.717) is 51.5 Å². The van der Waals surface area contributed by atoms with Crippen LogP contribution in [-0.4, -0.2) is 93.2 Å². The van der Waals surface area contributed by atoms with Crippen LogP contribution < -0.4 is 10.6 Å². The summed E-state index contributed by atoms with van der Waals surface area (Å²) in [6.07, 6.45) is 2.64. The Morgan fingerprint density at radius 1 is 1.02 bits per heavy atom. The molecule has 3 heterocycles. The maximum Gasteiger partial charge on any atom is 0.329 e. The Hall–Kier alpha value is -2.47. The number of aliphatic imine (C=N–C) groups is 1.